The number of benzene rings is 2. The van der Waals surface area contributed by atoms with E-state index in [4.69, 9.17) is 4.74 Å². The normalized spacial score (nSPS) is 17.5. The van der Waals surface area contributed by atoms with E-state index in [-0.39, 0.29) is 17.5 Å². The van der Waals surface area contributed by atoms with Crippen molar-refractivity contribution in [3.05, 3.63) is 54.1 Å². The molecule has 2 aromatic carbocycles. The van der Waals surface area contributed by atoms with Crippen LogP contribution >= 0.6 is 0 Å². The van der Waals surface area contributed by atoms with Crippen LogP contribution in [-0.4, -0.2) is 19.2 Å². The van der Waals surface area contributed by atoms with E-state index in [0.717, 1.165) is 17.1 Å². The third kappa shape index (κ3) is 2.77. The predicted octanol–water partition coefficient (Wildman–Crippen LogP) is 4.14. The van der Waals surface area contributed by atoms with Gasteiger partial charge in [-0.15, -0.1) is 0 Å². The van der Waals surface area contributed by atoms with Gasteiger partial charge in [0.2, 0.25) is 0 Å². The Bertz CT molecular complexity index is 717. The fourth-order valence-electron chi connectivity index (χ4n) is 2.87. The summed E-state index contributed by atoms with van der Waals surface area (Å²) in [7, 11) is 1.64. The minimum absolute atomic E-state index is 0.0180. The first-order valence-electron chi connectivity index (χ1n) is 7.75. The molecule has 1 aliphatic rings. The van der Waals surface area contributed by atoms with Crippen LogP contribution in [0.2, 0.25) is 0 Å². The number of nitrogens with one attached hydrogen (secondary N) is 1. The monoisotopic (exact) mass is 310 g/mol. The molecule has 0 radical (unpaired) electrons. The van der Waals surface area contributed by atoms with Crippen molar-refractivity contribution in [1.29, 1.82) is 0 Å². The molecule has 1 atom stereocenters. The van der Waals surface area contributed by atoms with Crippen LogP contribution in [0, 0.1) is 5.41 Å². The Hall–Kier alpha value is -2.49. The van der Waals surface area contributed by atoms with Crippen LogP contribution in [0.1, 0.15) is 31.1 Å². The minimum atomic E-state index is -0.127. The standard InChI is InChI=1S/C19H22N2O2/c1-19(2,3)18-20-16-8-6-5-7-15(16)17(22)21(18)13-9-11-14(23-4)12-10-13/h5-12,18,20H,1-4H3. The van der Waals surface area contributed by atoms with Gasteiger partial charge in [0.25, 0.3) is 5.91 Å². The summed E-state index contributed by atoms with van der Waals surface area (Å²) >= 11 is 0. The Labute approximate surface area is 137 Å². The van der Waals surface area contributed by atoms with Crippen molar-refractivity contribution >= 4 is 17.3 Å². The van der Waals surface area contributed by atoms with Crippen molar-refractivity contribution in [2.45, 2.75) is 26.9 Å². The number of carbonyl (C=O) groups is 1. The van der Waals surface area contributed by atoms with Gasteiger partial charge in [-0.3, -0.25) is 9.69 Å². The third-order valence-electron chi connectivity index (χ3n) is 4.10. The van der Waals surface area contributed by atoms with Crippen LogP contribution in [-0.2, 0) is 0 Å². The number of hydrogen-bond donors (Lipinski definition) is 1. The number of methoxy groups -OCH3 is 1. The molecule has 1 heterocycles. The molecular formula is C19H22N2O2. The maximum absolute atomic E-state index is 13.1. The third-order valence-corrected chi connectivity index (χ3v) is 4.10. The van der Waals surface area contributed by atoms with Crippen LogP contribution in [0.5, 0.6) is 5.75 Å². The molecule has 0 aromatic heterocycles. The van der Waals surface area contributed by atoms with E-state index in [0.29, 0.717) is 5.56 Å². The number of rotatable bonds is 2. The zero-order valence-corrected chi connectivity index (χ0v) is 14.0. The number of anilines is 2. The molecule has 0 fully saturated rings. The zero-order valence-electron chi connectivity index (χ0n) is 14.0. The van der Waals surface area contributed by atoms with Crippen molar-refractivity contribution in [3.63, 3.8) is 0 Å². The highest BCUT2D eigenvalue weighted by molar-refractivity contribution is 6.12. The summed E-state index contributed by atoms with van der Waals surface area (Å²) in [6, 6.07) is 15.3. The van der Waals surface area contributed by atoms with Gasteiger partial charge in [0.1, 0.15) is 11.9 Å². The van der Waals surface area contributed by atoms with Gasteiger partial charge in [-0.05, 0) is 36.4 Å². The molecule has 4 heteroatoms. The molecule has 3 rings (SSSR count). The molecular weight excluding hydrogens is 288 g/mol. The van der Waals surface area contributed by atoms with Gasteiger partial charge >= 0.3 is 0 Å². The lowest BCUT2D eigenvalue weighted by atomic mass is 9.88. The van der Waals surface area contributed by atoms with Crippen LogP contribution in [0.4, 0.5) is 11.4 Å². The second-order valence-electron chi connectivity index (χ2n) is 6.83. The van der Waals surface area contributed by atoms with E-state index in [2.05, 4.69) is 26.1 Å². The number of ether oxygens (including phenoxy) is 1. The average molecular weight is 310 g/mol. The van der Waals surface area contributed by atoms with Gasteiger partial charge in [-0.25, -0.2) is 0 Å². The molecule has 0 saturated heterocycles. The summed E-state index contributed by atoms with van der Waals surface area (Å²) in [5.74, 6) is 0.795. The molecule has 2 aromatic rings. The Kier molecular flexibility index (Phi) is 3.76. The van der Waals surface area contributed by atoms with E-state index < -0.39 is 0 Å². The molecule has 23 heavy (non-hydrogen) atoms. The molecule has 0 spiro atoms. The second kappa shape index (κ2) is 5.61. The van der Waals surface area contributed by atoms with Crippen molar-refractivity contribution in [3.8, 4) is 5.75 Å². The van der Waals surface area contributed by atoms with Crippen molar-refractivity contribution in [1.82, 2.24) is 0 Å². The second-order valence-corrected chi connectivity index (χ2v) is 6.83. The molecule has 0 bridgehead atoms. The van der Waals surface area contributed by atoms with Gasteiger partial charge in [-0.1, -0.05) is 32.9 Å². The number of amides is 1. The van der Waals surface area contributed by atoms with Crippen LogP contribution in [0.25, 0.3) is 0 Å². The van der Waals surface area contributed by atoms with Gasteiger partial charge in [0, 0.05) is 16.8 Å². The SMILES string of the molecule is COc1ccc(N2C(=O)c3ccccc3NC2C(C)(C)C)cc1. The quantitative estimate of drug-likeness (QED) is 0.906. The molecule has 0 aliphatic carbocycles. The summed E-state index contributed by atoms with van der Waals surface area (Å²) < 4.78 is 5.21. The van der Waals surface area contributed by atoms with Gasteiger partial charge in [-0.2, -0.15) is 0 Å². The highest BCUT2D eigenvalue weighted by Crippen LogP contribution is 2.36. The van der Waals surface area contributed by atoms with Gasteiger partial charge in [0.15, 0.2) is 0 Å². The molecule has 1 amide bonds. The van der Waals surface area contributed by atoms with E-state index in [9.17, 15) is 4.79 Å². The average Bonchev–Trinajstić information content (AvgIpc) is 2.54. The summed E-state index contributed by atoms with van der Waals surface area (Å²) in [6.07, 6.45) is -0.127. The van der Waals surface area contributed by atoms with Crippen LogP contribution < -0.4 is 15.0 Å². The maximum Gasteiger partial charge on any atom is 0.262 e. The first-order valence-corrected chi connectivity index (χ1v) is 7.75. The van der Waals surface area contributed by atoms with Crippen molar-refractivity contribution in [2.24, 2.45) is 5.41 Å². The summed E-state index contributed by atoms with van der Waals surface area (Å²) in [5.41, 5.74) is 2.33. The molecule has 1 aliphatic heterocycles. The topological polar surface area (TPSA) is 41.6 Å². The van der Waals surface area contributed by atoms with Crippen molar-refractivity contribution in [2.75, 3.05) is 17.3 Å². The smallest absolute Gasteiger partial charge is 0.262 e. The molecule has 0 saturated carbocycles. The zero-order chi connectivity index (χ0) is 16.6. The summed E-state index contributed by atoms with van der Waals surface area (Å²) in [6.45, 7) is 6.38. The molecule has 1 unspecified atom stereocenters. The van der Waals surface area contributed by atoms with E-state index in [1.807, 2.05) is 53.4 Å². The van der Waals surface area contributed by atoms with E-state index >= 15 is 0 Å². The number of hydrogen-bond acceptors (Lipinski definition) is 3. The lowest BCUT2D eigenvalue weighted by Gasteiger charge is -2.44. The summed E-state index contributed by atoms with van der Waals surface area (Å²) in [5, 5.41) is 3.52. The van der Waals surface area contributed by atoms with E-state index in [1.165, 1.54) is 0 Å². The number of para-hydroxylation sites is 1. The van der Waals surface area contributed by atoms with Crippen LogP contribution in [0.3, 0.4) is 0 Å². The predicted molar refractivity (Wildman–Crippen MR) is 93.1 cm³/mol. The maximum atomic E-state index is 13.1. The molecule has 1 N–H and O–H groups in total. The Morgan fingerprint density at radius 3 is 2.30 bits per heavy atom. The van der Waals surface area contributed by atoms with Gasteiger partial charge in [0.05, 0.1) is 12.7 Å². The largest absolute Gasteiger partial charge is 0.497 e. The first-order chi connectivity index (χ1) is 10.9. The van der Waals surface area contributed by atoms with Crippen molar-refractivity contribution < 1.29 is 9.53 Å². The van der Waals surface area contributed by atoms with Gasteiger partial charge < -0.3 is 10.1 Å². The lowest BCUT2D eigenvalue weighted by Crippen LogP contribution is -2.55. The molecule has 120 valence electrons. The number of carbonyl (C=O) groups excluding carboxylic acids is 1. The number of nitrogens with zero attached hydrogens (tertiary/aromatic N) is 1. The van der Waals surface area contributed by atoms with Crippen LogP contribution in [0.15, 0.2) is 48.5 Å². The Morgan fingerprint density at radius 2 is 1.70 bits per heavy atom. The molecule has 4 nitrogen and oxygen atoms in total. The fraction of sp³-hybridized carbons (Fsp3) is 0.316. The number of fused-ring (bicyclic) bond motifs is 1. The Balaban J connectivity index is 2.08. The highest BCUT2D eigenvalue weighted by atomic mass is 16.5. The fourth-order valence-corrected chi connectivity index (χ4v) is 2.87. The minimum Gasteiger partial charge on any atom is -0.497 e. The Morgan fingerprint density at radius 1 is 1.04 bits per heavy atom. The lowest BCUT2D eigenvalue weighted by molar-refractivity contribution is 0.0955. The summed E-state index contributed by atoms with van der Waals surface area (Å²) in [4.78, 5) is 14.9. The first kappa shape index (κ1) is 15.4. The van der Waals surface area contributed by atoms with E-state index in [1.54, 1.807) is 7.11 Å². The highest BCUT2D eigenvalue weighted by Gasteiger charge is 2.39.